The number of halogens is 4. The average molecular weight is 499 g/mol. The molecule has 0 radical (unpaired) electrons. The van der Waals surface area contributed by atoms with Gasteiger partial charge >= 0.3 is 6.36 Å². The Labute approximate surface area is 197 Å². The quantitative estimate of drug-likeness (QED) is 0.674. The van der Waals surface area contributed by atoms with E-state index in [9.17, 15) is 18.0 Å². The zero-order chi connectivity index (χ0) is 23.8. The summed E-state index contributed by atoms with van der Waals surface area (Å²) in [5.74, 6) is 1.25. The van der Waals surface area contributed by atoms with Crippen LogP contribution in [0.2, 0.25) is 5.02 Å². The van der Waals surface area contributed by atoms with Gasteiger partial charge in [-0.2, -0.15) is 0 Å². The maximum atomic E-state index is 13.0. The minimum atomic E-state index is -4.64. The molecule has 7 rings (SSSR count). The van der Waals surface area contributed by atoms with Crippen LogP contribution in [0.3, 0.4) is 0 Å². The highest BCUT2D eigenvalue weighted by molar-refractivity contribution is 6.31. The number of hydrogen-bond acceptors (Lipinski definition) is 7. The number of nitrogens with zero attached hydrogens (tertiary/aromatic N) is 3. The van der Waals surface area contributed by atoms with Crippen molar-refractivity contribution in [3.05, 3.63) is 35.0 Å². The van der Waals surface area contributed by atoms with Crippen molar-refractivity contribution in [2.75, 3.05) is 18.5 Å². The Morgan fingerprint density at radius 1 is 1.29 bits per heavy atom. The summed E-state index contributed by atoms with van der Waals surface area (Å²) in [6, 6.07) is 5.14. The van der Waals surface area contributed by atoms with E-state index in [4.69, 9.17) is 20.8 Å². The van der Waals surface area contributed by atoms with E-state index in [2.05, 4.69) is 20.3 Å². The van der Waals surface area contributed by atoms with E-state index in [0.29, 0.717) is 35.0 Å². The van der Waals surface area contributed by atoms with Gasteiger partial charge in [-0.1, -0.05) is 11.6 Å². The third-order valence-electron chi connectivity index (χ3n) is 7.56. The fourth-order valence-corrected chi connectivity index (χ4v) is 5.69. The molecule has 1 aromatic heterocycles. The Hall–Kier alpha value is -2.53. The first kappa shape index (κ1) is 22.0. The van der Waals surface area contributed by atoms with Crippen molar-refractivity contribution in [2.45, 2.75) is 61.6 Å². The number of ether oxygens (including phenoxy) is 2. The summed E-state index contributed by atoms with van der Waals surface area (Å²) in [5, 5.41) is 12.0. The number of rotatable bonds is 5. The van der Waals surface area contributed by atoms with Crippen molar-refractivity contribution in [3.63, 3.8) is 0 Å². The molecule has 12 heteroatoms. The van der Waals surface area contributed by atoms with Crippen molar-refractivity contribution < 1.29 is 31.9 Å². The topological polar surface area (TPSA) is 89.7 Å². The Balaban J connectivity index is 1.09. The Kier molecular flexibility index (Phi) is 4.83. The number of hydrogen-bond donors (Lipinski definition) is 1. The van der Waals surface area contributed by atoms with Gasteiger partial charge in [-0.15, -0.1) is 23.4 Å². The molecule has 4 saturated carbocycles. The Morgan fingerprint density at radius 2 is 2.06 bits per heavy atom. The maximum absolute atomic E-state index is 13.0. The van der Waals surface area contributed by atoms with E-state index in [1.54, 1.807) is 18.2 Å². The standard InChI is InChI=1S/C22H22ClF3N4O4/c1-30-9-16(32-15-3-2-12(23)6-14(15)30)18(31)27-17-11-7-21(17,8-11)20-29-28-19(33-20)10-4-13(5-10)34-22(24,25)26/h2-3,6,10-11,13,16-17H,4-5,7-9H2,1H3,(H,27,31)/t10-,11?,13+,16?,17?,21?. The second kappa shape index (κ2) is 7.48. The summed E-state index contributed by atoms with van der Waals surface area (Å²) in [5.41, 5.74) is 0.417. The van der Waals surface area contributed by atoms with Gasteiger partial charge < -0.3 is 19.4 Å². The smallest absolute Gasteiger partial charge is 0.477 e. The van der Waals surface area contributed by atoms with Crippen LogP contribution in [0.15, 0.2) is 22.6 Å². The van der Waals surface area contributed by atoms with Gasteiger partial charge in [0.1, 0.15) is 5.75 Å². The van der Waals surface area contributed by atoms with Gasteiger partial charge in [0, 0.05) is 24.0 Å². The third-order valence-corrected chi connectivity index (χ3v) is 7.80. The van der Waals surface area contributed by atoms with Gasteiger partial charge in [0.15, 0.2) is 6.10 Å². The number of carbonyl (C=O) groups excluding carboxylic acids is 1. The molecule has 4 fully saturated rings. The lowest BCUT2D eigenvalue weighted by Gasteiger charge is -2.66. The van der Waals surface area contributed by atoms with Crippen molar-refractivity contribution in [1.82, 2.24) is 15.5 Å². The average Bonchev–Trinajstić information content (AvgIpc) is 3.16. The summed E-state index contributed by atoms with van der Waals surface area (Å²) in [7, 11) is 1.88. The highest BCUT2D eigenvalue weighted by Gasteiger charge is 2.70. The molecule has 1 aromatic carbocycles. The molecule has 34 heavy (non-hydrogen) atoms. The molecule has 0 spiro atoms. The highest BCUT2D eigenvalue weighted by Crippen LogP contribution is 2.65. The predicted molar refractivity (Wildman–Crippen MR) is 113 cm³/mol. The molecule has 182 valence electrons. The number of benzene rings is 1. The van der Waals surface area contributed by atoms with E-state index in [1.165, 1.54) is 0 Å². The molecule has 8 nitrogen and oxygen atoms in total. The predicted octanol–water partition coefficient (Wildman–Crippen LogP) is 3.55. The maximum Gasteiger partial charge on any atom is 0.522 e. The number of carbonyl (C=O) groups is 1. The van der Waals surface area contributed by atoms with Crippen molar-refractivity contribution in [3.8, 4) is 5.75 Å². The molecule has 1 aliphatic heterocycles. The van der Waals surface area contributed by atoms with Crippen molar-refractivity contribution in [1.29, 1.82) is 0 Å². The first-order valence-electron chi connectivity index (χ1n) is 11.2. The Bertz CT molecular complexity index is 1130. The summed E-state index contributed by atoms with van der Waals surface area (Å²) in [6.45, 7) is 0.386. The SMILES string of the molecule is CN1CC(C(=O)NC2C3CC2(c2nnc([C@H]4C[C@@H](OC(F)(F)F)C4)o2)C3)Oc2ccc(Cl)cc21. The third kappa shape index (κ3) is 3.51. The van der Waals surface area contributed by atoms with Crippen LogP contribution >= 0.6 is 11.6 Å². The van der Waals surface area contributed by atoms with E-state index in [-0.39, 0.29) is 30.7 Å². The highest BCUT2D eigenvalue weighted by atomic mass is 35.5. The zero-order valence-corrected chi connectivity index (χ0v) is 18.9. The molecule has 1 N–H and O–H groups in total. The number of amides is 1. The summed E-state index contributed by atoms with van der Waals surface area (Å²) < 4.78 is 52.9. The van der Waals surface area contributed by atoms with Crippen LogP contribution in [0.1, 0.15) is 43.4 Å². The zero-order valence-electron chi connectivity index (χ0n) is 18.1. The molecular weight excluding hydrogens is 477 g/mol. The van der Waals surface area contributed by atoms with Gasteiger partial charge in [-0.3, -0.25) is 9.53 Å². The van der Waals surface area contributed by atoms with Crippen LogP contribution in [0, 0.1) is 5.92 Å². The van der Waals surface area contributed by atoms with Crippen LogP contribution in [-0.4, -0.2) is 54.3 Å². The van der Waals surface area contributed by atoms with E-state index >= 15 is 0 Å². The molecule has 4 aliphatic carbocycles. The minimum absolute atomic E-state index is 0.128. The molecule has 2 bridgehead atoms. The lowest BCUT2D eigenvalue weighted by molar-refractivity contribution is -0.352. The molecule has 2 atom stereocenters. The molecule has 0 saturated heterocycles. The number of alkyl halides is 3. The lowest BCUT2D eigenvalue weighted by Crippen LogP contribution is -2.75. The van der Waals surface area contributed by atoms with Crippen molar-refractivity contribution >= 4 is 23.2 Å². The van der Waals surface area contributed by atoms with Gasteiger partial charge in [0.25, 0.3) is 5.91 Å². The van der Waals surface area contributed by atoms with Gasteiger partial charge in [-0.25, -0.2) is 0 Å². The van der Waals surface area contributed by atoms with E-state index in [0.717, 1.165) is 18.5 Å². The van der Waals surface area contributed by atoms with E-state index < -0.39 is 24.0 Å². The number of nitrogens with one attached hydrogen (secondary N) is 1. The molecular formula is C22H22ClF3N4O4. The van der Waals surface area contributed by atoms with Crippen LogP contribution in [0.5, 0.6) is 5.75 Å². The summed E-state index contributed by atoms with van der Waals surface area (Å²) in [6.07, 6.45) is -4.15. The van der Waals surface area contributed by atoms with Gasteiger partial charge in [0.2, 0.25) is 11.8 Å². The number of likely N-dealkylation sites (N-methyl/N-ethyl adjacent to an activating group) is 1. The van der Waals surface area contributed by atoms with Crippen LogP contribution in [0.25, 0.3) is 0 Å². The van der Waals surface area contributed by atoms with E-state index in [1.807, 2.05) is 11.9 Å². The monoisotopic (exact) mass is 498 g/mol. The second-order valence-corrected chi connectivity index (χ2v) is 10.1. The largest absolute Gasteiger partial charge is 0.522 e. The molecule has 2 unspecified atom stereocenters. The summed E-state index contributed by atoms with van der Waals surface area (Å²) in [4.78, 5) is 15.0. The minimum Gasteiger partial charge on any atom is -0.477 e. The normalized spacial score (nSPS) is 33.7. The summed E-state index contributed by atoms with van der Waals surface area (Å²) >= 11 is 6.06. The second-order valence-electron chi connectivity index (χ2n) is 9.71. The molecule has 5 aliphatic rings. The van der Waals surface area contributed by atoms with Crippen LogP contribution in [-0.2, 0) is 14.9 Å². The number of aromatic nitrogens is 2. The molecule has 2 heterocycles. The molecule has 1 amide bonds. The van der Waals surface area contributed by atoms with Gasteiger partial charge in [0.05, 0.1) is 23.8 Å². The first-order chi connectivity index (χ1) is 16.1. The Morgan fingerprint density at radius 3 is 2.74 bits per heavy atom. The fourth-order valence-electron chi connectivity index (χ4n) is 5.52. The number of fused-ring (bicyclic) bond motifs is 1. The van der Waals surface area contributed by atoms with Gasteiger partial charge in [-0.05, 0) is 49.8 Å². The van der Waals surface area contributed by atoms with Crippen LogP contribution < -0.4 is 15.0 Å². The van der Waals surface area contributed by atoms with Crippen molar-refractivity contribution in [2.24, 2.45) is 5.92 Å². The van der Waals surface area contributed by atoms with Crippen LogP contribution in [0.4, 0.5) is 18.9 Å². The lowest BCUT2D eigenvalue weighted by atomic mass is 9.40. The number of anilines is 1. The molecule has 2 aromatic rings. The fraction of sp³-hybridized carbons (Fsp3) is 0.591. The first-order valence-corrected chi connectivity index (χ1v) is 11.6.